The van der Waals surface area contributed by atoms with Gasteiger partial charge >= 0.3 is 0 Å². The van der Waals surface area contributed by atoms with Gasteiger partial charge in [-0.2, -0.15) is 5.10 Å². The van der Waals surface area contributed by atoms with Crippen LogP contribution in [0.4, 0.5) is 4.39 Å². The Morgan fingerprint density at radius 3 is 2.44 bits per heavy atom. The van der Waals surface area contributed by atoms with Crippen LogP contribution in [0.2, 0.25) is 0 Å². The Kier molecular flexibility index (Phi) is 11.6. The molecule has 154 valence electrons. The van der Waals surface area contributed by atoms with Gasteiger partial charge in [0.05, 0.1) is 18.4 Å². The minimum atomic E-state index is -0.714. The lowest BCUT2D eigenvalue weighted by Crippen LogP contribution is -2.41. The molecule has 6 nitrogen and oxygen atoms in total. The molecule has 1 rings (SSSR count). The molecule has 2 N–H and O–H groups in total. The Bertz CT molecular complexity index is 637. The summed E-state index contributed by atoms with van der Waals surface area (Å²) in [5, 5.41) is 3.59. The van der Waals surface area contributed by atoms with Crippen LogP contribution in [0.15, 0.2) is 28.3 Å². The number of benzene rings is 1. The molecule has 0 radical (unpaired) electrons. The molecule has 0 saturated carbocycles. The second-order valence-electron chi connectivity index (χ2n) is 6.37. The van der Waals surface area contributed by atoms with E-state index >= 15 is 0 Å². The minimum absolute atomic E-state index is 0.0294. The first-order valence-corrected chi connectivity index (χ1v) is 11.7. The van der Waals surface area contributed by atoms with Gasteiger partial charge in [-0.15, -0.1) is 0 Å². The van der Waals surface area contributed by atoms with Gasteiger partial charge in [0.15, 0.2) is 5.84 Å². The van der Waals surface area contributed by atoms with Gasteiger partial charge in [-0.1, -0.05) is 26.0 Å². The van der Waals surface area contributed by atoms with E-state index in [1.807, 2.05) is 13.8 Å². The molecular formula is C19H33FN4O2S. The highest BCUT2D eigenvalue weighted by atomic mass is 32.3. The molecule has 0 aliphatic heterocycles. The second kappa shape index (κ2) is 12.5. The molecule has 27 heavy (non-hydrogen) atoms. The fourth-order valence-electron chi connectivity index (χ4n) is 2.02. The Labute approximate surface area is 164 Å². The van der Waals surface area contributed by atoms with Crippen LogP contribution < -0.4 is 5.84 Å². The number of hydrazone groups is 1. The Morgan fingerprint density at radius 2 is 1.96 bits per heavy atom. The molecule has 0 aliphatic carbocycles. The van der Waals surface area contributed by atoms with Crippen molar-refractivity contribution in [3.63, 3.8) is 0 Å². The number of amides is 1. The number of hydrogen-bond donors (Lipinski definition) is 1. The van der Waals surface area contributed by atoms with E-state index < -0.39 is 21.8 Å². The molecular weight excluding hydrogens is 367 g/mol. The van der Waals surface area contributed by atoms with E-state index in [1.165, 1.54) is 24.2 Å². The number of nitrogens with zero attached hydrogens (tertiary/aromatic N) is 3. The third-order valence-electron chi connectivity index (χ3n) is 3.39. The van der Waals surface area contributed by atoms with Gasteiger partial charge < -0.3 is 10.6 Å². The van der Waals surface area contributed by atoms with Gasteiger partial charge in [0, 0.05) is 12.8 Å². The molecule has 1 amide bonds. The third kappa shape index (κ3) is 8.53. The van der Waals surface area contributed by atoms with E-state index in [1.54, 1.807) is 19.1 Å². The zero-order valence-electron chi connectivity index (χ0n) is 17.5. The summed E-state index contributed by atoms with van der Waals surface area (Å²) in [6.07, 6.45) is 7.88. The summed E-state index contributed by atoms with van der Waals surface area (Å²) in [5.74, 6) is 5.22. The number of rotatable bonds is 7. The number of carbonyl (C=O) groups excluding carboxylic acids is 1. The number of hydrogen-bond acceptors (Lipinski definition) is 5. The highest BCUT2D eigenvalue weighted by Crippen LogP contribution is 2.33. The average molecular weight is 401 g/mol. The molecule has 0 aliphatic rings. The predicted molar refractivity (Wildman–Crippen MR) is 116 cm³/mol. The summed E-state index contributed by atoms with van der Waals surface area (Å²) in [7, 11) is 0.820. The fourth-order valence-corrected chi connectivity index (χ4v) is 2.64. The maximum atomic E-state index is 14.2. The van der Waals surface area contributed by atoms with Crippen LogP contribution in [0.1, 0.15) is 29.8 Å². The zero-order valence-corrected chi connectivity index (χ0v) is 18.3. The molecule has 0 heterocycles. The minimum Gasteiger partial charge on any atom is -0.360 e. The average Bonchev–Trinajstić information content (AvgIpc) is 2.61. The summed E-state index contributed by atoms with van der Waals surface area (Å²) in [6.45, 7) is 6.08. The van der Waals surface area contributed by atoms with E-state index in [0.717, 1.165) is 5.75 Å². The van der Waals surface area contributed by atoms with Crippen molar-refractivity contribution >= 4 is 28.0 Å². The molecule has 0 atom stereocenters. The van der Waals surface area contributed by atoms with Crippen LogP contribution in [0.3, 0.4) is 0 Å². The van der Waals surface area contributed by atoms with E-state index in [-0.39, 0.29) is 18.1 Å². The molecule has 0 fully saturated rings. The fraction of sp³-hybridized carbons (Fsp3) is 0.526. The monoisotopic (exact) mass is 400 g/mol. The lowest BCUT2D eigenvalue weighted by atomic mass is 10.1. The number of halogens is 1. The summed E-state index contributed by atoms with van der Waals surface area (Å²) in [6, 6.07) is 4.47. The van der Waals surface area contributed by atoms with Crippen molar-refractivity contribution in [2.24, 2.45) is 15.9 Å². The van der Waals surface area contributed by atoms with E-state index in [9.17, 15) is 9.18 Å². The van der Waals surface area contributed by atoms with E-state index in [0.29, 0.717) is 12.2 Å². The van der Waals surface area contributed by atoms with Crippen LogP contribution in [0.25, 0.3) is 0 Å². The van der Waals surface area contributed by atoms with Crippen molar-refractivity contribution in [3.05, 3.63) is 35.1 Å². The van der Waals surface area contributed by atoms with Gasteiger partial charge in [0.2, 0.25) is 0 Å². The van der Waals surface area contributed by atoms with Crippen molar-refractivity contribution in [1.82, 2.24) is 4.90 Å². The molecule has 0 bridgehead atoms. The zero-order chi connectivity index (χ0) is 21.0. The maximum absolute atomic E-state index is 14.2. The van der Waals surface area contributed by atoms with E-state index in [2.05, 4.69) is 28.9 Å². The molecule has 1 aromatic rings. The van der Waals surface area contributed by atoms with Crippen LogP contribution in [-0.4, -0.2) is 67.8 Å². The molecule has 0 spiro atoms. The van der Waals surface area contributed by atoms with Crippen LogP contribution >= 0.6 is 10.0 Å². The molecule has 0 unspecified atom stereocenters. The van der Waals surface area contributed by atoms with Crippen LogP contribution in [-0.2, 0) is 4.74 Å². The highest BCUT2D eigenvalue weighted by molar-refractivity contribution is 8.32. The predicted octanol–water partition coefficient (Wildman–Crippen LogP) is 3.24. The largest absolute Gasteiger partial charge is 0.360 e. The van der Waals surface area contributed by atoms with Crippen LogP contribution in [0, 0.1) is 12.7 Å². The van der Waals surface area contributed by atoms with Gasteiger partial charge in [-0.05, 0) is 37.3 Å². The Hall–Kier alpha value is -1.93. The normalized spacial score (nSPS) is 12.5. The number of carbonyl (C=O) groups is 1. The first-order chi connectivity index (χ1) is 12.7. The van der Waals surface area contributed by atoms with Gasteiger partial charge in [0.1, 0.15) is 12.5 Å². The first kappa shape index (κ1) is 25.1. The number of nitrogens with two attached hydrogens (primary N) is 1. The second-order valence-corrected chi connectivity index (χ2v) is 11.0. The van der Waals surface area contributed by atoms with Crippen molar-refractivity contribution in [2.75, 3.05) is 44.9 Å². The molecule has 0 saturated heterocycles. The molecule has 0 aromatic heterocycles. The highest BCUT2D eigenvalue weighted by Gasteiger charge is 2.24. The summed E-state index contributed by atoms with van der Waals surface area (Å²) in [5.41, 5.74) is 0.497. The number of ether oxygens (including phenoxy) is 1. The SMILES string of the molecule is CC.CN=C/C(=N\N)N(COCCS(C)(C)C)C(=O)c1c(C)cccc1F. The summed E-state index contributed by atoms with van der Waals surface area (Å²) in [4.78, 5) is 17.9. The van der Waals surface area contributed by atoms with Gasteiger partial charge in [-0.3, -0.25) is 14.7 Å². The molecule has 8 heteroatoms. The molecule has 1 aromatic carbocycles. The number of aryl methyl sites for hydroxylation is 1. The van der Waals surface area contributed by atoms with Crippen molar-refractivity contribution < 1.29 is 13.9 Å². The third-order valence-corrected chi connectivity index (χ3v) is 4.79. The maximum Gasteiger partial charge on any atom is 0.264 e. The van der Waals surface area contributed by atoms with Crippen molar-refractivity contribution in [3.8, 4) is 0 Å². The summed E-state index contributed by atoms with van der Waals surface area (Å²) >= 11 is 0. The smallest absolute Gasteiger partial charge is 0.264 e. The Morgan fingerprint density at radius 1 is 1.33 bits per heavy atom. The lowest BCUT2D eigenvalue weighted by molar-refractivity contribution is 0.0524. The van der Waals surface area contributed by atoms with Gasteiger partial charge in [-0.25, -0.2) is 14.4 Å². The van der Waals surface area contributed by atoms with Crippen molar-refractivity contribution in [2.45, 2.75) is 20.8 Å². The van der Waals surface area contributed by atoms with Crippen molar-refractivity contribution in [1.29, 1.82) is 0 Å². The van der Waals surface area contributed by atoms with Crippen LogP contribution in [0.5, 0.6) is 0 Å². The standard InChI is InChI=1S/C17H27FN4O2S.C2H6/c1-13-7-6-8-14(18)16(13)17(23)22(15(21-19)11-20-2)12-24-9-10-25(3,4)5;1-2/h6-8,11H,9-10,12,19H2,1-5H3;1-2H3/b20-11?,21-15+;. The van der Waals surface area contributed by atoms with Gasteiger partial charge in [0.25, 0.3) is 5.91 Å². The quantitative estimate of drug-likeness (QED) is 0.191. The summed E-state index contributed by atoms with van der Waals surface area (Å²) < 4.78 is 19.8. The van der Waals surface area contributed by atoms with E-state index in [4.69, 9.17) is 10.6 Å². The lowest BCUT2D eigenvalue weighted by Gasteiger charge is -2.26. The number of amidine groups is 1. The topological polar surface area (TPSA) is 80.3 Å². The first-order valence-electron chi connectivity index (χ1n) is 8.72. The number of aliphatic imine (C=N–C) groups is 1. The Balaban J connectivity index is 0.00000326.